The van der Waals surface area contributed by atoms with Crippen LogP contribution in [0.5, 0.6) is 0 Å². The van der Waals surface area contributed by atoms with E-state index in [1.165, 1.54) is 0 Å². The first-order valence-electron chi connectivity index (χ1n) is 7.07. The van der Waals surface area contributed by atoms with Gasteiger partial charge in [-0.3, -0.25) is 8.86 Å². The average molecular weight is 333 g/mol. The van der Waals surface area contributed by atoms with Crippen molar-refractivity contribution in [1.82, 2.24) is 0 Å². The Labute approximate surface area is 134 Å². The minimum Gasteiger partial charge on any atom is -0.480 e. The van der Waals surface area contributed by atoms with Gasteiger partial charge in [0.1, 0.15) is 17.2 Å². The molecule has 0 aliphatic rings. The number of fused-ring (bicyclic) bond motifs is 3. The minimum atomic E-state index is -2.45. The van der Waals surface area contributed by atoms with Crippen LogP contribution in [-0.4, -0.2) is 25.9 Å². The Morgan fingerprint density at radius 3 is 2.57 bits per heavy atom. The zero-order valence-corrected chi connectivity index (χ0v) is 13.1. The van der Waals surface area contributed by atoms with E-state index in [-0.39, 0.29) is 6.42 Å². The summed E-state index contributed by atoms with van der Waals surface area (Å²) < 4.78 is 28.0. The van der Waals surface area contributed by atoms with Crippen LogP contribution in [0.2, 0.25) is 0 Å². The van der Waals surface area contributed by atoms with E-state index >= 15 is 0 Å². The molecular formula is C16H15NO5S. The lowest BCUT2D eigenvalue weighted by Gasteiger charge is -2.25. The molecule has 3 rings (SSSR count). The predicted molar refractivity (Wildman–Crippen MR) is 88.7 cm³/mol. The van der Waals surface area contributed by atoms with Crippen molar-refractivity contribution >= 4 is 44.9 Å². The molecule has 2 atom stereocenters. The van der Waals surface area contributed by atoms with Crippen molar-refractivity contribution in [2.45, 2.75) is 19.4 Å². The summed E-state index contributed by atoms with van der Waals surface area (Å²) in [7, 11) is 0. The summed E-state index contributed by atoms with van der Waals surface area (Å²) in [4.78, 5) is 11.4. The Bertz CT molecular complexity index is 904. The van der Waals surface area contributed by atoms with E-state index in [2.05, 4.69) is 0 Å². The molecule has 0 bridgehead atoms. The first-order valence-corrected chi connectivity index (χ1v) is 8.13. The van der Waals surface area contributed by atoms with Crippen LogP contribution >= 0.6 is 0 Å². The van der Waals surface area contributed by atoms with Gasteiger partial charge >= 0.3 is 5.97 Å². The minimum absolute atomic E-state index is 0.200. The van der Waals surface area contributed by atoms with Gasteiger partial charge in [0.15, 0.2) is 0 Å². The molecule has 1 heterocycles. The number of anilines is 1. The van der Waals surface area contributed by atoms with E-state index < -0.39 is 23.3 Å². The van der Waals surface area contributed by atoms with Crippen LogP contribution in [0.25, 0.3) is 21.9 Å². The highest BCUT2D eigenvalue weighted by Crippen LogP contribution is 2.32. The zero-order valence-electron chi connectivity index (χ0n) is 12.3. The lowest BCUT2D eigenvalue weighted by Crippen LogP contribution is -2.41. The highest BCUT2D eigenvalue weighted by molar-refractivity contribution is 7.80. The summed E-state index contributed by atoms with van der Waals surface area (Å²) in [5.41, 5.74) is 1.71. The van der Waals surface area contributed by atoms with Crippen molar-refractivity contribution in [3.63, 3.8) is 0 Å². The van der Waals surface area contributed by atoms with Gasteiger partial charge in [0.2, 0.25) is 0 Å². The number of hydrogen-bond donors (Lipinski definition) is 2. The van der Waals surface area contributed by atoms with Gasteiger partial charge in [-0.15, -0.1) is 0 Å². The highest BCUT2D eigenvalue weighted by Gasteiger charge is 2.28. The maximum absolute atomic E-state index is 11.7. The highest BCUT2D eigenvalue weighted by atomic mass is 32.2. The molecule has 7 heteroatoms. The standard InChI is InChI=1S/C16H15NO5S/c1-2-13(16(18)19)17(23(20)21)10-7-8-15-12(9-10)11-5-3-4-6-14(11)22-15/h3-9,13H,2H2,1H3,(H,18,19)(H,20,21). The van der Waals surface area contributed by atoms with E-state index in [0.717, 1.165) is 15.1 Å². The second-order valence-corrected chi connectivity index (χ2v) is 5.95. The number of rotatable bonds is 5. The van der Waals surface area contributed by atoms with Crippen molar-refractivity contribution < 1.29 is 23.1 Å². The molecule has 0 spiro atoms. The number of furan rings is 1. The van der Waals surface area contributed by atoms with Gasteiger partial charge in [-0.1, -0.05) is 25.1 Å². The van der Waals surface area contributed by atoms with Crippen molar-refractivity contribution in [1.29, 1.82) is 0 Å². The summed E-state index contributed by atoms with van der Waals surface area (Å²) in [6, 6.07) is 11.3. The molecule has 0 fully saturated rings. The number of benzene rings is 2. The van der Waals surface area contributed by atoms with E-state index in [1.54, 1.807) is 25.1 Å². The summed E-state index contributed by atoms with van der Waals surface area (Å²) >= 11 is -2.45. The first kappa shape index (κ1) is 15.5. The molecule has 0 aliphatic carbocycles. The molecule has 3 aromatic rings. The Morgan fingerprint density at radius 2 is 1.91 bits per heavy atom. The Balaban J connectivity index is 2.18. The quantitative estimate of drug-likeness (QED) is 0.698. The molecule has 2 unspecified atom stereocenters. The molecule has 2 aromatic carbocycles. The fourth-order valence-corrected chi connectivity index (χ4v) is 3.42. The third-order valence-corrected chi connectivity index (χ3v) is 4.54. The Hall–Kier alpha value is -2.38. The molecule has 6 nitrogen and oxygen atoms in total. The van der Waals surface area contributed by atoms with E-state index in [4.69, 9.17) is 4.42 Å². The van der Waals surface area contributed by atoms with Gasteiger partial charge in [0.05, 0.1) is 5.69 Å². The number of aliphatic carboxylic acids is 1. The van der Waals surface area contributed by atoms with Crippen LogP contribution in [0.15, 0.2) is 46.9 Å². The number of carbonyl (C=O) groups is 1. The van der Waals surface area contributed by atoms with Gasteiger partial charge < -0.3 is 9.52 Å². The summed E-state index contributed by atoms with van der Waals surface area (Å²) in [5.74, 6) is -1.15. The van der Waals surface area contributed by atoms with E-state index in [1.807, 2.05) is 24.3 Å². The number of carboxylic acids is 1. The van der Waals surface area contributed by atoms with Gasteiger partial charge in [-0.25, -0.2) is 9.00 Å². The Morgan fingerprint density at radius 1 is 1.22 bits per heavy atom. The lowest BCUT2D eigenvalue weighted by atomic mass is 10.1. The molecule has 0 aliphatic heterocycles. The van der Waals surface area contributed by atoms with Crippen molar-refractivity contribution in [2.24, 2.45) is 0 Å². The maximum Gasteiger partial charge on any atom is 0.327 e. The van der Waals surface area contributed by atoms with Crippen molar-refractivity contribution in [2.75, 3.05) is 4.31 Å². The number of para-hydroxylation sites is 1. The molecule has 0 amide bonds. The third kappa shape index (κ3) is 2.69. The summed E-state index contributed by atoms with van der Waals surface area (Å²) in [5, 5.41) is 10.9. The normalized spacial score (nSPS) is 14.0. The number of nitrogens with zero attached hydrogens (tertiary/aromatic N) is 1. The zero-order chi connectivity index (χ0) is 16.6. The van der Waals surface area contributed by atoms with E-state index in [9.17, 15) is 18.7 Å². The first-order chi connectivity index (χ1) is 11.0. The van der Waals surface area contributed by atoms with Gasteiger partial charge in [0, 0.05) is 10.8 Å². The molecule has 0 radical (unpaired) electrons. The average Bonchev–Trinajstić information content (AvgIpc) is 2.89. The summed E-state index contributed by atoms with van der Waals surface area (Å²) in [6.07, 6.45) is 0.200. The van der Waals surface area contributed by atoms with Crippen molar-refractivity contribution in [3.05, 3.63) is 42.5 Å². The Kier molecular flexibility index (Phi) is 4.06. The topological polar surface area (TPSA) is 91.0 Å². The molecule has 0 saturated carbocycles. The SMILES string of the molecule is CCC(C(=O)O)N(c1ccc2oc3ccccc3c2c1)S(=O)O. The van der Waals surface area contributed by atoms with Crippen LogP contribution in [0.4, 0.5) is 5.69 Å². The monoisotopic (exact) mass is 333 g/mol. The maximum atomic E-state index is 11.7. The lowest BCUT2D eigenvalue weighted by molar-refractivity contribution is -0.138. The second-order valence-electron chi connectivity index (χ2n) is 5.10. The fourth-order valence-electron chi connectivity index (χ4n) is 2.67. The molecule has 2 N–H and O–H groups in total. The second kappa shape index (κ2) is 6.02. The van der Waals surface area contributed by atoms with Gasteiger partial charge in [0.25, 0.3) is 11.3 Å². The molecule has 120 valence electrons. The molecule has 1 aromatic heterocycles. The third-order valence-electron chi connectivity index (χ3n) is 3.74. The predicted octanol–water partition coefficient (Wildman–Crippen LogP) is 3.39. The fraction of sp³-hybridized carbons (Fsp3) is 0.188. The molecule has 0 saturated heterocycles. The van der Waals surface area contributed by atoms with Gasteiger partial charge in [-0.05, 0) is 30.7 Å². The largest absolute Gasteiger partial charge is 0.480 e. The van der Waals surface area contributed by atoms with Crippen LogP contribution in [-0.2, 0) is 16.1 Å². The number of carboxylic acid groups (broad SMARTS) is 1. The number of hydrogen-bond acceptors (Lipinski definition) is 3. The van der Waals surface area contributed by atoms with Gasteiger partial charge in [-0.2, -0.15) is 0 Å². The molecular weight excluding hydrogens is 318 g/mol. The summed E-state index contributed by atoms with van der Waals surface area (Å²) in [6.45, 7) is 1.66. The molecule has 23 heavy (non-hydrogen) atoms. The smallest absolute Gasteiger partial charge is 0.327 e. The van der Waals surface area contributed by atoms with Crippen LogP contribution < -0.4 is 4.31 Å². The van der Waals surface area contributed by atoms with E-state index in [0.29, 0.717) is 16.9 Å². The van der Waals surface area contributed by atoms with Crippen LogP contribution in [0.1, 0.15) is 13.3 Å². The van der Waals surface area contributed by atoms with Crippen molar-refractivity contribution in [3.8, 4) is 0 Å². The van der Waals surface area contributed by atoms with Crippen LogP contribution in [0, 0.1) is 0 Å². The van der Waals surface area contributed by atoms with Crippen LogP contribution in [0.3, 0.4) is 0 Å².